The molecule has 1 fully saturated rings. The Hall–Kier alpha value is -1.77. The fourth-order valence-corrected chi connectivity index (χ4v) is 4.67. The lowest BCUT2D eigenvalue weighted by molar-refractivity contribution is 0.124. The van der Waals surface area contributed by atoms with Gasteiger partial charge in [-0.25, -0.2) is 8.42 Å². The lowest BCUT2D eigenvalue weighted by Gasteiger charge is -2.36. The number of hydrogen-bond acceptors (Lipinski definition) is 6. The van der Waals surface area contributed by atoms with Gasteiger partial charge in [0.05, 0.1) is 10.9 Å². The molecule has 1 aromatic heterocycles. The number of benzene rings is 1. The van der Waals surface area contributed by atoms with Crippen LogP contribution in [0.3, 0.4) is 0 Å². The van der Waals surface area contributed by atoms with Gasteiger partial charge in [-0.2, -0.15) is 9.29 Å². The van der Waals surface area contributed by atoms with Crippen molar-refractivity contribution in [3.8, 4) is 0 Å². The average molecular weight is 393 g/mol. The largest absolute Gasteiger partial charge is 0.338 e. The minimum atomic E-state index is -3.48. The summed E-state index contributed by atoms with van der Waals surface area (Å²) in [6.07, 6.45) is 0. The predicted octanol–water partition coefficient (Wildman–Crippen LogP) is 2.74. The van der Waals surface area contributed by atoms with Crippen molar-refractivity contribution in [2.24, 2.45) is 0 Å². The molecule has 0 radical (unpaired) electrons. The highest BCUT2D eigenvalue weighted by atomic mass is 32.2. The second kappa shape index (κ2) is 7.33. The number of rotatable bonds is 4. The van der Waals surface area contributed by atoms with Gasteiger partial charge in [-0.3, -0.25) is 4.90 Å². The van der Waals surface area contributed by atoms with E-state index in [1.165, 1.54) is 0 Å². The minimum Gasteiger partial charge on any atom is -0.338 e. The van der Waals surface area contributed by atoms with E-state index in [0.29, 0.717) is 42.8 Å². The molecule has 8 heteroatoms. The summed E-state index contributed by atoms with van der Waals surface area (Å²) < 4.78 is 32.7. The molecule has 1 aliphatic heterocycles. The van der Waals surface area contributed by atoms with Crippen molar-refractivity contribution in [1.82, 2.24) is 19.3 Å². The van der Waals surface area contributed by atoms with Crippen LogP contribution in [0.15, 0.2) is 33.7 Å². The van der Waals surface area contributed by atoms with Gasteiger partial charge in [0.25, 0.3) is 0 Å². The van der Waals surface area contributed by atoms with E-state index in [1.807, 2.05) is 19.1 Å². The fourth-order valence-electron chi connectivity index (χ4n) is 3.25. The molecular weight excluding hydrogens is 364 g/mol. The van der Waals surface area contributed by atoms with Gasteiger partial charge < -0.3 is 4.52 Å². The molecule has 1 atom stereocenters. The zero-order chi connectivity index (χ0) is 19.8. The first kappa shape index (κ1) is 20.0. The molecule has 3 rings (SSSR count). The van der Waals surface area contributed by atoms with E-state index in [0.717, 1.165) is 5.56 Å². The number of hydrogen-bond donors (Lipinski definition) is 0. The topological polar surface area (TPSA) is 79.5 Å². The standard InChI is InChI=1S/C19H28N4O3S/c1-14(18-20-15(2)21-26-18)22-10-12-23(13-11-22)27(24,25)17-8-6-16(7-9-17)19(3,4)5/h6-9,14H,10-13H2,1-5H3. The quantitative estimate of drug-likeness (QED) is 0.796. The van der Waals surface area contributed by atoms with Crippen molar-refractivity contribution in [3.05, 3.63) is 41.5 Å². The molecule has 2 aromatic rings. The molecule has 0 amide bonds. The molecule has 1 aliphatic rings. The van der Waals surface area contributed by atoms with Gasteiger partial charge in [-0.1, -0.05) is 38.1 Å². The summed E-state index contributed by atoms with van der Waals surface area (Å²) in [5.74, 6) is 1.18. The van der Waals surface area contributed by atoms with Gasteiger partial charge in [-0.15, -0.1) is 0 Å². The van der Waals surface area contributed by atoms with Gasteiger partial charge in [0.2, 0.25) is 15.9 Å². The summed E-state index contributed by atoms with van der Waals surface area (Å²) in [5.41, 5.74) is 1.12. The van der Waals surface area contributed by atoms with Crippen LogP contribution in [0.4, 0.5) is 0 Å². The zero-order valence-electron chi connectivity index (χ0n) is 16.6. The lowest BCUT2D eigenvalue weighted by Crippen LogP contribution is -2.49. The van der Waals surface area contributed by atoms with Gasteiger partial charge in [-0.05, 0) is 37.0 Å². The average Bonchev–Trinajstić information content (AvgIpc) is 3.07. The van der Waals surface area contributed by atoms with Crippen LogP contribution in [0.25, 0.3) is 0 Å². The number of aromatic nitrogens is 2. The second-order valence-electron chi connectivity index (χ2n) is 8.07. The molecule has 0 N–H and O–H groups in total. The molecule has 2 heterocycles. The maximum atomic E-state index is 13.0. The van der Waals surface area contributed by atoms with E-state index in [1.54, 1.807) is 23.4 Å². The Morgan fingerprint density at radius 3 is 2.15 bits per heavy atom. The molecule has 0 spiro atoms. The molecule has 148 valence electrons. The lowest BCUT2D eigenvalue weighted by atomic mass is 9.87. The van der Waals surface area contributed by atoms with Crippen molar-refractivity contribution in [3.63, 3.8) is 0 Å². The van der Waals surface area contributed by atoms with Crippen molar-refractivity contribution in [2.45, 2.75) is 51.0 Å². The van der Waals surface area contributed by atoms with Crippen LogP contribution in [-0.4, -0.2) is 53.9 Å². The molecular formula is C19H28N4O3S. The molecule has 7 nitrogen and oxygen atoms in total. The first-order chi connectivity index (χ1) is 12.6. The fraction of sp³-hybridized carbons (Fsp3) is 0.579. The van der Waals surface area contributed by atoms with Gasteiger partial charge in [0, 0.05) is 26.2 Å². The summed E-state index contributed by atoms with van der Waals surface area (Å²) >= 11 is 0. The Kier molecular flexibility index (Phi) is 5.42. The van der Waals surface area contributed by atoms with Crippen molar-refractivity contribution in [1.29, 1.82) is 0 Å². The molecule has 27 heavy (non-hydrogen) atoms. The Morgan fingerprint density at radius 2 is 1.67 bits per heavy atom. The van der Waals surface area contributed by atoms with E-state index in [9.17, 15) is 8.42 Å². The molecule has 1 saturated heterocycles. The summed E-state index contributed by atoms with van der Waals surface area (Å²) in [6, 6.07) is 7.21. The first-order valence-corrected chi connectivity index (χ1v) is 10.7. The van der Waals surface area contributed by atoms with Gasteiger partial charge in [0.15, 0.2) is 5.82 Å². The first-order valence-electron chi connectivity index (χ1n) is 9.24. The van der Waals surface area contributed by atoms with Gasteiger partial charge >= 0.3 is 0 Å². The van der Waals surface area contributed by atoms with Crippen LogP contribution in [0.2, 0.25) is 0 Å². The highest BCUT2D eigenvalue weighted by Gasteiger charge is 2.31. The molecule has 1 unspecified atom stereocenters. The summed E-state index contributed by atoms with van der Waals surface area (Å²) in [7, 11) is -3.48. The summed E-state index contributed by atoms with van der Waals surface area (Å²) in [4.78, 5) is 6.80. The maximum absolute atomic E-state index is 13.0. The van der Waals surface area contributed by atoms with Crippen LogP contribution >= 0.6 is 0 Å². The van der Waals surface area contributed by atoms with E-state index < -0.39 is 10.0 Å². The highest BCUT2D eigenvalue weighted by Crippen LogP contribution is 2.26. The van der Waals surface area contributed by atoms with Gasteiger partial charge in [0.1, 0.15) is 0 Å². The van der Waals surface area contributed by atoms with Crippen LogP contribution < -0.4 is 0 Å². The van der Waals surface area contributed by atoms with Crippen molar-refractivity contribution in [2.75, 3.05) is 26.2 Å². The zero-order valence-corrected chi connectivity index (χ0v) is 17.5. The Labute approximate surface area is 161 Å². The molecule has 1 aromatic carbocycles. The minimum absolute atomic E-state index is 0.00282. The third-order valence-electron chi connectivity index (χ3n) is 5.08. The third-order valence-corrected chi connectivity index (χ3v) is 6.99. The number of nitrogens with zero attached hydrogens (tertiary/aromatic N) is 4. The van der Waals surface area contributed by atoms with E-state index >= 15 is 0 Å². The van der Waals surface area contributed by atoms with Crippen LogP contribution in [0, 0.1) is 6.92 Å². The maximum Gasteiger partial charge on any atom is 0.243 e. The van der Waals surface area contributed by atoms with Crippen LogP contribution in [0.1, 0.15) is 51.0 Å². The van der Waals surface area contributed by atoms with E-state index in [2.05, 4.69) is 35.8 Å². The number of aryl methyl sites for hydroxylation is 1. The highest BCUT2D eigenvalue weighted by molar-refractivity contribution is 7.89. The van der Waals surface area contributed by atoms with E-state index in [4.69, 9.17) is 4.52 Å². The second-order valence-corrected chi connectivity index (χ2v) is 10.0. The molecule has 0 saturated carbocycles. The Morgan fingerprint density at radius 1 is 1.07 bits per heavy atom. The monoisotopic (exact) mass is 392 g/mol. The number of sulfonamides is 1. The molecule has 0 bridgehead atoms. The normalized spacial score (nSPS) is 18.6. The Bertz CT molecular complexity index is 876. The van der Waals surface area contributed by atoms with Crippen LogP contribution in [-0.2, 0) is 15.4 Å². The SMILES string of the molecule is Cc1noc(C(C)N2CCN(S(=O)(=O)c3ccc(C(C)(C)C)cc3)CC2)n1. The molecule has 0 aliphatic carbocycles. The van der Waals surface area contributed by atoms with Crippen molar-refractivity contribution >= 4 is 10.0 Å². The third kappa shape index (κ3) is 4.23. The number of piperazine rings is 1. The summed E-state index contributed by atoms with van der Waals surface area (Å²) in [6.45, 7) is 12.3. The predicted molar refractivity (Wildman–Crippen MR) is 103 cm³/mol. The van der Waals surface area contributed by atoms with E-state index in [-0.39, 0.29) is 11.5 Å². The van der Waals surface area contributed by atoms with Crippen LogP contribution in [0.5, 0.6) is 0 Å². The summed E-state index contributed by atoms with van der Waals surface area (Å²) in [5, 5.41) is 3.83. The van der Waals surface area contributed by atoms with Crippen molar-refractivity contribution < 1.29 is 12.9 Å². The smallest absolute Gasteiger partial charge is 0.243 e. The Balaban J connectivity index is 1.67.